The number of hydrogen-bond donors (Lipinski definition) is 0. The Bertz CT molecular complexity index is 1100. The van der Waals surface area contributed by atoms with Crippen LogP contribution in [-0.2, 0) is 20.0 Å². The van der Waals surface area contributed by atoms with Gasteiger partial charge in [-0.1, -0.05) is 30.3 Å². The number of aryl methyl sites for hydroxylation is 1. The number of amides is 1. The standard InChI is InChI=1S/C21H23N5O2/c1-14-13-17(20(27)24(3)15(14)2)21(28)25-10-9-18-22-23-19(26(18)12-11-25)16-7-5-4-6-8-16/h4-8,13H,9-12H2,1-3H3. The number of rotatable bonds is 2. The van der Waals surface area contributed by atoms with Gasteiger partial charge in [-0.3, -0.25) is 9.59 Å². The third-order valence-electron chi connectivity index (χ3n) is 5.55. The summed E-state index contributed by atoms with van der Waals surface area (Å²) in [5, 5.41) is 8.67. The smallest absolute Gasteiger partial charge is 0.263 e. The molecule has 0 saturated heterocycles. The summed E-state index contributed by atoms with van der Waals surface area (Å²) >= 11 is 0. The van der Waals surface area contributed by atoms with E-state index in [0.29, 0.717) is 26.1 Å². The van der Waals surface area contributed by atoms with Gasteiger partial charge in [-0.2, -0.15) is 0 Å². The van der Waals surface area contributed by atoms with Crippen LogP contribution in [0.25, 0.3) is 11.4 Å². The maximum Gasteiger partial charge on any atom is 0.263 e. The molecule has 0 fully saturated rings. The van der Waals surface area contributed by atoms with Crippen LogP contribution >= 0.6 is 0 Å². The molecule has 144 valence electrons. The minimum Gasteiger partial charge on any atom is -0.336 e. The number of carbonyl (C=O) groups is 1. The van der Waals surface area contributed by atoms with Gasteiger partial charge >= 0.3 is 0 Å². The highest BCUT2D eigenvalue weighted by Crippen LogP contribution is 2.20. The fourth-order valence-corrected chi connectivity index (χ4v) is 3.63. The highest BCUT2D eigenvalue weighted by Gasteiger charge is 2.25. The lowest BCUT2D eigenvalue weighted by Gasteiger charge is -2.21. The van der Waals surface area contributed by atoms with Crippen molar-refractivity contribution in [1.29, 1.82) is 0 Å². The molecule has 1 aromatic carbocycles. The highest BCUT2D eigenvalue weighted by molar-refractivity contribution is 5.94. The first-order valence-corrected chi connectivity index (χ1v) is 9.41. The zero-order valence-electron chi connectivity index (χ0n) is 16.3. The number of fused-ring (bicyclic) bond motifs is 1. The Morgan fingerprint density at radius 1 is 1.04 bits per heavy atom. The summed E-state index contributed by atoms with van der Waals surface area (Å²) in [5.74, 6) is 1.46. The molecule has 0 radical (unpaired) electrons. The number of hydrogen-bond acceptors (Lipinski definition) is 4. The molecule has 7 heteroatoms. The summed E-state index contributed by atoms with van der Waals surface area (Å²) in [4.78, 5) is 27.4. The van der Waals surface area contributed by atoms with Crippen LogP contribution in [0.1, 0.15) is 27.4 Å². The van der Waals surface area contributed by atoms with Gasteiger partial charge in [-0.15, -0.1) is 10.2 Å². The van der Waals surface area contributed by atoms with Gasteiger partial charge in [0.25, 0.3) is 11.5 Å². The van der Waals surface area contributed by atoms with Crippen molar-refractivity contribution in [2.75, 3.05) is 13.1 Å². The Balaban J connectivity index is 1.61. The minimum absolute atomic E-state index is 0.219. The second kappa shape index (κ2) is 7.07. The van der Waals surface area contributed by atoms with Gasteiger partial charge in [-0.25, -0.2) is 0 Å². The Morgan fingerprint density at radius 2 is 1.79 bits per heavy atom. The maximum absolute atomic E-state index is 13.1. The summed E-state index contributed by atoms with van der Waals surface area (Å²) in [5.41, 5.74) is 2.79. The zero-order valence-corrected chi connectivity index (χ0v) is 16.3. The van der Waals surface area contributed by atoms with E-state index in [2.05, 4.69) is 14.8 Å². The topological polar surface area (TPSA) is 73.0 Å². The van der Waals surface area contributed by atoms with Crippen LogP contribution in [0.2, 0.25) is 0 Å². The molecule has 0 spiro atoms. The van der Waals surface area contributed by atoms with E-state index in [1.54, 1.807) is 22.6 Å². The number of nitrogens with zero attached hydrogens (tertiary/aromatic N) is 5. The van der Waals surface area contributed by atoms with Gasteiger partial charge in [0.05, 0.1) is 0 Å². The number of carbonyl (C=O) groups excluding carboxylic acids is 1. The molecule has 3 heterocycles. The van der Waals surface area contributed by atoms with E-state index in [9.17, 15) is 9.59 Å². The first-order chi connectivity index (χ1) is 13.5. The first-order valence-electron chi connectivity index (χ1n) is 9.41. The van der Waals surface area contributed by atoms with Gasteiger partial charge < -0.3 is 14.0 Å². The molecule has 1 amide bonds. The monoisotopic (exact) mass is 377 g/mol. The van der Waals surface area contributed by atoms with E-state index < -0.39 is 0 Å². The predicted octanol–water partition coefficient (Wildman–Crippen LogP) is 1.96. The van der Waals surface area contributed by atoms with Crippen molar-refractivity contribution in [3.05, 3.63) is 69.4 Å². The van der Waals surface area contributed by atoms with Crippen molar-refractivity contribution in [3.8, 4) is 11.4 Å². The fourth-order valence-electron chi connectivity index (χ4n) is 3.63. The van der Waals surface area contributed by atoms with Gasteiger partial charge in [0.15, 0.2) is 5.82 Å². The minimum atomic E-state index is -0.248. The van der Waals surface area contributed by atoms with E-state index in [-0.39, 0.29) is 17.0 Å². The van der Waals surface area contributed by atoms with Crippen LogP contribution in [0.4, 0.5) is 0 Å². The van der Waals surface area contributed by atoms with Gasteiger partial charge in [-0.05, 0) is 25.5 Å². The fraction of sp³-hybridized carbons (Fsp3) is 0.333. The summed E-state index contributed by atoms with van der Waals surface area (Å²) in [6.07, 6.45) is 0.608. The van der Waals surface area contributed by atoms with E-state index in [1.807, 2.05) is 44.2 Å². The van der Waals surface area contributed by atoms with Crippen molar-refractivity contribution >= 4 is 5.91 Å². The van der Waals surface area contributed by atoms with Crippen LogP contribution in [0.15, 0.2) is 41.2 Å². The number of aromatic nitrogens is 4. The second-order valence-corrected chi connectivity index (χ2v) is 7.19. The molecule has 7 nitrogen and oxygen atoms in total. The molecule has 1 aliphatic rings. The summed E-state index contributed by atoms with van der Waals surface area (Å²) in [6.45, 7) is 5.43. The lowest BCUT2D eigenvalue weighted by molar-refractivity contribution is 0.0756. The number of benzene rings is 1. The molecule has 2 aromatic heterocycles. The largest absolute Gasteiger partial charge is 0.336 e. The Kier molecular flexibility index (Phi) is 4.58. The molecule has 0 atom stereocenters. The van der Waals surface area contributed by atoms with Crippen LogP contribution in [0, 0.1) is 13.8 Å². The van der Waals surface area contributed by atoms with Crippen LogP contribution < -0.4 is 5.56 Å². The molecule has 0 aliphatic carbocycles. The van der Waals surface area contributed by atoms with Gasteiger partial charge in [0, 0.05) is 44.4 Å². The summed E-state index contributed by atoms with van der Waals surface area (Å²) < 4.78 is 3.62. The van der Waals surface area contributed by atoms with E-state index in [4.69, 9.17) is 0 Å². The van der Waals surface area contributed by atoms with Crippen LogP contribution in [-0.4, -0.2) is 43.2 Å². The average Bonchev–Trinajstić information content (AvgIpc) is 3.00. The van der Waals surface area contributed by atoms with Crippen LogP contribution in [0.3, 0.4) is 0 Å². The SMILES string of the molecule is Cc1cc(C(=O)N2CCc3nnc(-c4ccccc4)n3CC2)c(=O)n(C)c1C. The molecule has 0 saturated carbocycles. The van der Waals surface area contributed by atoms with Crippen molar-refractivity contribution in [2.45, 2.75) is 26.8 Å². The summed E-state index contributed by atoms with van der Waals surface area (Å²) in [7, 11) is 1.71. The van der Waals surface area contributed by atoms with Gasteiger partial charge in [0.1, 0.15) is 11.4 Å². The van der Waals surface area contributed by atoms with Crippen molar-refractivity contribution in [1.82, 2.24) is 24.2 Å². The predicted molar refractivity (Wildman–Crippen MR) is 106 cm³/mol. The Labute approximate surface area is 163 Å². The molecular formula is C21H23N5O2. The Hall–Kier alpha value is -3.22. The van der Waals surface area contributed by atoms with E-state index in [0.717, 1.165) is 28.5 Å². The van der Waals surface area contributed by atoms with Crippen molar-refractivity contribution in [2.24, 2.45) is 7.05 Å². The Morgan fingerprint density at radius 3 is 2.54 bits per heavy atom. The molecular weight excluding hydrogens is 354 g/mol. The average molecular weight is 377 g/mol. The normalized spacial score (nSPS) is 13.9. The molecule has 3 aromatic rings. The molecule has 1 aliphatic heterocycles. The third-order valence-corrected chi connectivity index (χ3v) is 5.55. The number of pyridine rings is 1. The second-order valence-electron chi connectivity index (χ2n) is 7.19. The van der Waals surface area contributed by atoms with E-state index >= 15 is 0 Å². The van der Waals surface area contributed by atoms with Crippen molar-refractivity contribution < 1.29 is 4.79 Å². The molecule has 0 bridgehead atoms. The zero-order chi connectivity index (χ0) is 19.8. The molecule has 0 unspecified atom stereocenters. The molecule has 0 N–H and O–H groups in total. The quantitative estimate of drug-likeness (QED) is 0.684. The molecule has 28 heavy (non-hydrogen) atoms. The summed E-state index contributed by atoms with van der Waals surface area (Å²) in [6, 6.07) is 11.6. The lowest BCUT2D eigenvalue weighted by atomic mass is 10.1. The first kappa shape index (κ1) is 18.2. The van der Waals surface area contributed by atoms with Gasteiger partial charge in [0.2, 0.25) is 0 Å². The maximum atomic E-state index is 13.1. The molecule has 4 rings (SSSR count). The third kappa shape index (κ3) is 3.02. The van der Waals surface area contributed by atoms with E-state index in [1.165, 1.54) is 0 Å². The lowest BCUT2D eigenvalue weighted by Crippen LogP contribution is -2.38. The highest BCUT2D eigenvalue weighted by atomic mass is 16.2. The van der Waals surface area contributed by atoms with Crippen molar-refractivity contribution in [3.63, 3.8) is 0 Å². The van der Waals surface area contributed by atoms with Crippen LogP contribution in [0.5, 0.6) is 0 Å².